The highest BCUT2D eigenvalue weighted by atomic mass is 19.1. The van der Waals surface area contributed by atoms with Gasteiger partial charge in [0.15, 0.2) is 0 Å². The predicted molar refractivity (Wildman–Crippen MR) is 98.6 cm³/mol. The smallest absolute Gasteiger partial charge is 0.257 e. The van der Waals surface area contributed by atoms with E-state index in [2.05, 4.69) is 15.3 Å². The van der Waals surface area contributed by atoms with Crippen LogP contribution < -0.4 is 5.32 Å². The van der Waals surface area contributed by atoms with Crippen molar-refractivity contribution in [3.63, 3.8) is 0 Å². The van der Waals surface area contributed by atoms with Gasteiger partial charge in [0.05, 0.1) is 5.56 Å². The van der Waals surface area contributed by atoms with Crippen molar-refractivity contribution >= 4 is 17.5 Å². The summed E-state index contributed by atoms with van der Waals surface area (Å²) in [5.74, 6) is -0.173. The first-order valence-electron chi connectivity index (χ1n) is 8.33. The molecule has 0 saturated carbocycles. The number of anilines is 2. The van der Waals surface area contributed by atoms with Crippen LogP contribution in [0.3, 0.4) is 0 Å². The molecule has 0 aliphatic rings. The van der Waals surface area contributed by atoms with Crippen molar-refractivity contribution < 1.29 is 9.18 Å². The number of nitrogens with one attached hydrogen (secondary N) is 1. The molecule has 26 heavy (non-hydrogen) atoms. The first-order chi connectivity index (χ1) is 12.7. The molecule has 6 heteroatoms. The molecular formula is C20H19FN4O. The van der Waals surface area contributed by atoms with Crippen LogP contribution in [-0.4, -0.2) is 27.3 Å². The molecule has 0 saturated heterocycles. The van der Waals surface area contributed by atoms with Gasteiger partial charge in [0.2, 0.25) is 5.95 Å². The van der Waals surface area contributed by atoms with Gasteiger partial charge in [-0.15, -0.1) is 0 Å². The van der Waals surface area contributed by atoms with E-state index in [1.807, 2.05) is 37.3 Å². The third-order valence-electron chi connectivity index (χ3n) is 3.86. The molecule has 1 amide bonds. The molecule has 1 heterocycles. The van der Waals surface area contributed by atoms with Gasteiger partial charge in [-0.05, 0) is 30.7 Å². The van der Waals surface area contributed by atoms with Crippen LogP contribution in [0.25, 0.3) is 0 Å². The molecule has 0 atom stereocenters. The van der Waals surface area contributed by atoms with Crippen LogP contribution >= 0.6 is 0 Å². The van der Waals surface area contributed by atoms with Gasteiger partial charge in [0, 0.05) is 31.2 Å². The Morgan fingerprint density at radius 3 is 2.46 bits per heavy atom. The zero-order valence-electron chi connectivity index (χ0n) is 14.4. The van der Waals surface area contributed by atoms with E-state index < -0.39 is 0 Å². The number of carbonyl (C=O) groups excluding carboxylic acids is 1. The number of hydrogen-bond donors (Lipinski definition) is 1. The Hall–Kier alpha value is -3.28. The number of halogens is 1. The Kier molecular flexibility index (Phi) is 5.53. The molecule has 3 aromatic rings. The maximum Gasteiger partial charge on any atom is 0.257 e. The van der Waals surface area contributed by atoms with Crippen molar-refractivity contribution in [2.45, 2.75) is 13.5 Å². The Morgan fingerprint density at radius 1 is 1.08 bits per heavy atom. The van der Waals surface area contributed by atoms with Gasteiger partial charge in [-0.2, -0.15) is 0 Å². The van der Waals surface area contributed by atoms with Crippen molar-refractivity contribution in [3.05, 3.63) is 83.9 Å². The molecule has 132 valence electrons. The van der Waals surface area contributed by atoms with Gasteiger partial charge in [0.25, 0.3) is 5.91 Å². The third kappa shape index (κ3) is 4.42. The van der Waals surface area contributed by atoms with E-state index in [0.29, 0.717) is 30.3 Å². The van der Waals surface area contributed by atoms with Gasteiger partial charge in [-0.25, -0.2) is 14.4 Å². The molecule has 1 aromatic heterocycles. The molecular weight excluding hydrogens is 331 g/mol. The minimum atomic E-state index is -0.346. The van der Waals surface area contributed by atoms with Gasteiger partial charge >= 0.3 is 0 Å². The van der Waals surface area contributed by atoms with Crippen LogP contribution in [0.5, 0.6) is 0 Å². The second-order valence-electron chi connectivity index (χ2n) is 5.74. The summed E-state index contributed by atoms with van der Waals surface area (Å²) in [5, 5.41) is 2.91. The standard InChI is InChI=1S/C20H19FN4O/c1-2-25(14-15-7-4-3-5-8-15)19(26)16-12-22-20(23-13-16)24-18-10-6-9-17(21)11-18/h3-13H,2,14H2,1H3,(H,22,23,24). The SMILES string of the molecule is CCN(Cc1ccccc1)C(=O)c1cnc(Nc2cccc(F)c2)nc1. The van der Waals surface area contributed by atoms with E-state index in [-0.39, 0.29) is 11.7 Å². The maximum absolute atomic E-state index is 13.2. The van der Waals surface area contributed by atoms with Crippen LogP contribution in [0.1, 0.15) is 22.8 Å². The molecule has 0 radical (unpaired) electrons. The predicted octanol–water partition coefficient (Wildman–Crippen LogP) is 4.02. The quantitative estimate of drug-likeness (QED) is 0.729. The fourth-order valence-corrected chi connectivity index (χ4v) is 2.51. The zero-order valence-corrected chi connectivity index (χ0v) is 14.4. The molecule has 0 spiro atoms. The lowest BCUT2D eigenvalue weighted by molar-refractivity contribution is 0.0752. The molecule has 0 bridgehead atoms. The number of carbonyl (C=O) groups is 1. The number of nitrogens with zero attached hydrogens (tertiary/aromatic N) is 3. The summed E-state index contributed by atoms with van der Waals surface area (Å²) in [7, 11) is 0. The topological polar surface area (TPSA) is 58.1 Å². The Labute approximate surface area is 151 Å². The van der Waals surface area contributed by atoms with Crippen molar-refractivity contribution in [3.8, 4) is 0 Å². The van der Waals surface area contributed by atoms with Gasteiger partial charge in [-0.1, -0.05) is 36.4 Å². The number of amides is 1. The number of aromatic nitrogens is 2. The summed E-state index contributed by atoms with van der Waals surface area (Å²) < 4.78 is 13.2. The van der Waals surface area contributed by atoms with Crippen molar-refractivity contribution in [2.24, 2.45) is 0 Å². The van der Waals surface area contributed by atoms with Crippen LogP contribution in [0.15, 0.2) is 67.0 Å². The first-order valence-corrected chi connectivity index (χ1v) is 8.33. The molecule has 1 N–H and O–H groups in total. The lowest BCUT2D eigenvalue weighted by Crippen LogP contribution is -2.30. The van der Waals surface area contributed by atoms with E-state index in [0.717, 1.165) is 5.56 Å². The van der Waals surface area contributed by atoms with Crippen LogP contribution in [-0.2, 0) is 6.54 Å². The largest absolute Gasteiger partial charge is 0.335 e. The highest BCUT2D eigenvalue weighted by Gasteiger charge is 2.15. The second-order valence-corrected chi connectivity index (χ2v) is 5.74. The van der Waals surface area contributed by atoms with E-state index in [4.69, 9.17) is 0 Å². The molecule has 0 unspecified atom stereocenters. The molecule has 0 aliphatic carbocycles. The van der Waals surface area contributed by atoms with Gasteiger partial charge in [-0.3, -0.25) is 4.79 Å². The first kappa shape index (κ1) is 17.5. The maximum atomic E-state index is 13.2. The average Bonchev–Trinajstić information content (AvgIpc) is 2.67. The highest BCUT2D eigenvalue weighted by Crippen LogP contribution is 2.15. The van der Waals surface area contributed by atoms with Crippen LogP contribution in [0, 0.1) is 5.82 Å². The Bertz CT molecular complexity index is 868. The third-order valence-corrected chi connectivity index (χ3v) is 3.86. The number of rotatable bonds is 6. The van der Waals surface area contributed by atoms with Crippen molar-refractivity contribution in [1.29, 1.82) is 0 Å². The molecule has 3 rings (SSSR count). The normalized spacial score (nSPS) is 10.4. The molecule has 0 aliphatic heterocycles. The summed E-state index contributed by atoms with van der Waals surface area (Å²) in [6.07, 6.45) is 2.95. The van der Waals surface area contributed by atoms with E-state index >= 15 is 0 Å². The van der Waals surface area contributed by atoms with Crippen LogP contribution in [0.2, 0.25) is 0 Å². The average molecular weight is 350 g/mol. The van der Waals surface area contributed by atoms with Crippen molar-refractivity contribution in [1.82, 2.24) is 14.9 Å². The zero-order chi connectivity index (χ0) is 18.4. The van der Waals surface area contributed by atoms with Crippen LogP contribution in [0.4, 0.5) is 16.0 Å². The highest BCUT2D eigenvalue weighted by molar-refractivity contribution is 5.93. The summed E-state index contributed by atoms with van der Waals surface area (Å²) in [6, 6.07) is 15.8. The van der Waals surface area contributed by atoms with Crippen molar-refractivity contribution in [2.75, 3.05) is 11.9 Å². The van der Waals surface area contributed by atoms with E-state index in [9.17, 15) is 9.18 Å². The Morgan fingerprint density at radius 2 is 1.81 bits per heavy atom. The minimum absolute atomic E-state index is 0.131. The monoisotopic (exact) mass is 350 g/mol. The summed E-state index contributed by atoms with van der Waals surface area (Å²) in [6.45, 7) is 3.04. The fourth-order valence-electron chi connectivity index (χ4n) is 2.51. The fraction of sp³-hybridized carbons (Fsp3) is 0.150. The summed E-state index contributed by atoms with van der Waals surface area (Å²) in [5.41, 5.74) is 2.02. The second kappa shape index (κ2) is 8.20. The summed E-state index contributed by atoms with van der Waals surface area (Å²) in [4.78, 5) is 22.7. The minimum Gasteiger partial charge on any atom is -0.335 e. The molecule has 0 fully saturated rings. The van der Waals surface area contributed by atoms with Gasteiger partial charge in [0.1, 0.15) is 5.82 Å². The molecule has 2 aromatic carbocycles. The molecule has 5 nitrogen and oxygen atoms in total. The summed E-state index contributed by atoms with van der Waals surface area (Å²) >= 11 is 0. The van der Waals surface area contributed by atoms with E-state index in [1.54, 1.807) is 17.0 Å². The lowest BCUT2D eigenvalue weighted by atomic mass is 10.2. The Balaban J connectivity index is 1.69. The number of hydrogen-bond acceptors (Lipinski definition) is 4. The van der Waals surface area contributed by atoms with E-state index in [1.165, 1.54) is 24.5 Å². The van der Waals surface area contributed by atoms with Gasteiger partial charge < -0.3 is 10.2 Å². The number of benzene rings is 2. The lowest BCUT2D eigenvalue weighted by Gasteiger charge is -2.20.